The van der Waals surface area contributed by atoms with Crippen molar-refractivity contribution < 1.29 is 18.1 Å². The van der Waals surface area contributed by atoms with Gasteiger partial charge in [-0.25, -0.2) is 4.79 Å². The second-order valence-electron chi connectivity index (χ2n) is 1.73. The van der Waals surface area contributed by atoms with Crippen molar-refractivity contribution in [2.75, 3.05) is 0 Å². The molecule has 0 radical (unpaired) electrons. The van der Waals surface area contributed by atoms with Crippen LogP contribution < -0.4 is 0 Å². The molecular formula is C4H10O4Si2. The van der Waals surface area contributed by atoms with Crippen molar-refractivity contribution in [1.29, 1.82) is 0 Å². The highest BCUT2D eigenvalue weighted by atomic mass is 28.4. The molecule has 0 unspecified atom stereocenters. The minimum atomic E-state index is -0.935. The van der Waals surface area contributed by atoms with E-state index in [4.69, 9.17) is 13.3 Å². The summed E-state index contributed by atoms with van der Waals surface area (Å²) in [5, 5.41) is 7.89. The first-order valence-corrected chi connectivity index (χ1v) is 5.00. The molecule has 1 aliphatic heterocycles. The lowest BCUT2D eigenvalue weighted by Crippen LogP contribution is -2.23. The van der Waals surface area contributed by atoms with E-state index in [2.05, 4.69) is 6.58 Å². The van der Waals surface area contributed by atoms with Crippen LogP contribution in [0.3, 0.4) is 0 Å². The number of rotatable bonds is 1. The zero-order chi connectivity index (χ0) is 7.98. The molecule has 0 spiro atoms. The second-order valence-corrected chi connectivity index (χ2v) is 5.47. The molecule has 4 nitrogen and oxygen atoms in total. The van der Waals surface area contributed by atoms with Crippen LogP contribution in [0.15, 0.2) is 12.2 Å². The van der Waals surface area contributed by atoms with E-state index in [0.29, 0.717) is 0 Å². The summed E-state index contributed by atoms with van der Waals surface area (Å²) < 4.78 is 9.56. The number of hydrogen-bond acceptors (Lipinski definition) is 3. The van der Waals surface area contributed by atoms with E-state index in [9.17, 15) is 4.79 Å². The predicted molar refractivity (Wildman–Crippen MR) is 41.7 cm³/mol. The van der Waals surface area contributed by atoms with Gasteiger partial charge in [-0.3, -0.25) is 0 Å². The Labute approximate surface area is 64.0 Å². The summed E-state index contributed by atoms with van der Waals surface area (Å²) >= 11 is 0. The third-order valence-corrected chi connectivity index (χ3v) is 3.37. The van der Waals surface area contributed by atoms with Gasteiger partial charge in [-0.1, -0.05) is 6.58 Å². The summed E-state index contributed by atoms with van der Waals surface area (Å²) in [6.07, 6.45) is 0. The maximum absolute atomic E-state index is 9.60. The Kier molecular flexibility index (Phi) is 5.12. The first kappa shape index (κ1) is 9.56. The molecule has 1 fully saturated rings. The van der Waals surface area contributed by atoms with Gasteiger partial charge < -0.3 is 13.3 Å². The maximum atomic E-state index is 9.60. The van der Waals surface area contributed by atoms with Crippen molar-refractivity contribution >= 4 is 26.0 Å². The molecule has 0 aromatic heterocycles. The monoisotopic (exact) mass is 178 g/mol. The van der Waals surface area contributed by atoms with Crippen LogP contribution >= 0.6 is 0 Å². The lowest BCUT2D eigenvalue weighted by atomic mass is 10.4. The average molecular weight is 178 g/mol. The Morgan fingerprint density at radius 3 is 1.70 bits per heavy atom. The standard InChI is InChI=1S/C4H6O2.H4O2Si2/c1-3(2)4(5)6;1-3-2-4-1/h1H2,2H3,(H,5,6);3-4H2. The smallest absolute Gasteiger partial charge is 0.330 e. The zero-order valence-electron chi connectivity index (χ0n) is 5.79. The van der Waals surface area contributed by atoms with E-state index >= 15 is 0 Å². The predicted octanol–water partition coefficient (Wildman–Crippen LogP) is -1.32. The molecule has 0 aromatic carbocycles. The Morgan fingerprint density at radius 1 is 1.50 bits per heavy atom. The fraction of sp³-hybridized carbons (Fsp3) is 0.250. The van der Waals surface area contributed by atoms with Crippen LogP contribution in [-0.2, 0) is 13.0 Å². The van der Waals surface area contributed by atoms with E-state index < -0.39 is 5.97 Å². The van der Waals surface area contributed by atoms with Gasteiger partial charge in [-0.15, -0.1) is 0 Å². The van der Waals surface area contributed by atoms with Crippen molar-refractivity contribution in [3.8, 4) is 0 Å². The SMILES string of the molecule is C=C(C)C(=O)O.O1[SiH2]O[SiH2]1. The Morgan fingerprint density at radius 2 is 1.70 bits per heavy atom. The molecular weight excluding hydrogens is 168 g/mol. The van der Waals surface area contributed by atoms with Crippen LogP contribution in [0.25, 0.3) is 0 Å². The van der Waals surface area contributed by atoms with Crippen LogP contribution in [0.5, 0.6) is 0 Å². The summed E-state index contributed by atoms with van der Waals surface area (Å²) in [4.78, 5) is 9.60. The first-order valence-electron chi connectivity index (χ1n) is 2.69. The van der Waals surface area contributed by atoms with E-state index in [1.807, 2.05) is 0 Å². The van der Waals surface area contributed by atoms with E-state index in [1.54, 1.807) is 0 Å². The van der Waals surface area contributed by atoms with Crippen molar-refractivity contribution in [2.24, 2.45) is 0 Å². The van der Waals surface area contributed by atoms with Crippen LogP contribution in [-0.4, -0.2) is 31.1 Å². The Bertz CT molecular complexity index is 115. The number of aliphatic carboxylic acids is 1. The molecule has 1 N–H and O–H groups in total. The van der Waals surface area contributed by atoms with Gasteiger partial charge in [-0.2, -0.15) is 0 Å². The molecule has 0 atom stereocenters. The number of carboxylic acids is 1. The summed E-state index contributed by atoms with van der Waals surface area (Å²) in [6.45, 7) is 4.60. The summed E-state index contributed by atoms with van der Waals surface area (Å²) in [6, 6.07) is 0. The molecule has 6 heteroatoms. The minimum absolute atomic E-state index is 0.176. The topological polar surface area (TPSA) is 55.8 Å². The molecule has 0 amide bonds. The molecule has 1 saturated heterocycles. The third-order valence-electron chi connectivity index (χ3n) is 0.698. The lowest BCUT2D eigenvalue weighted by Gasteiger charge is -2.10. The highest BCUT2D eigenvalue weighted by Gasteiger charge is 1.96. The quantitative estimate of drug-likeness (QED) is 0.400. The molecule has 1 rings (SSSR count). The van der Waals surface area contributed by atoms with E-state index in [1.165, 1.54) is 6.92 Å². The number of carbonyl (C=O) groups is 1. The largest absolute Gasteiger partial charge is 0.478 e. The van der Waals surface area contributed by atoms with Gasteiger partial charge in [0.05, 0.1) is 0 Å². The molecule has 10 heavy (non-hydrogen) atoms. The maximum Gasteiger partial charge on any atom is 0.330 e. The molecule has 1 aliphatic rings. The Hall–Kier alpha value is -0.436. The van der Waals surface area contributed by atoms with Gasteiger partial charge >= 0.3 is 5.97 Å². The highest BCUT2D eigenvalue weighted by Crippen LogP contribution is 1.81. The van der Waals surface area contributed by atoms with Crippen LogP contribution in [0.4, 0.5) is 0 Å². The van der Waals surface area contributed by atoms with Crippen molar-refractivity contribution in [1.82, 2.24) is 0 Å². The van der Waals surface area contributed by atoms with Crippen LogP contribution in [0, 0.1) is 0 Å². The summed E-state index contributed by atoms with van der Waals surface area (Å²) in [7, 11) is -0.667. The van der Waals surface area contributed by atoms with Gasteiger partial charge in [0.25, 0.3) is 20.0 Å². The second kappa shape index (κ2) is 5.36. The normalized spacial score (nSPS) is 18.9. The molecule has 0 bridgehead atoms. The van der Waals surface area contributed by atoms with Gasteiger partial charge in [0, 0.05) is 5.57 Å². The fourth-order valence-corrected chi connectivity index (χ4v) is 0.750. The molecule has 0 aliphatic carbocycles. The van der Waals surface area contributed by atoms with Gasteiger partial charge in [-0.05, 0) is 6.92 Å². The third kappa shape index (κ3) is 5.70. The lowest BCUT2D eigenvalue weighted by molar-refractivity contribution is -0.132. The first-order chi connectivity index (χ1) is 4.64. The van der Waals surface area contributed by atoms with Crippen molar-refractivity contribution in [3.63, 3.8) is 0 Å². The van der Waals surface area contributed by atoms with Crippen LogP contribution in [0.1, 0.15) is 6.92 Å². The van der Waals surface area contributed by atoms with Crippen LogP contribution in [0.2, 0.25) is 0 Å². The number of carboxylic acid groups (broad SMARTS) is 1. The molecule has 0 aromatic rings. The van der Waals surface area contributed by atoms with Crippen molar-refractivity contribution in [3.05, 3.63) is 12.2 Å². The number of hydrogen-bond donors (Lipinski definition) is 1. The molecule has 1 heterocycles. The van der Waals surface area contributed by atoms with Gasteiger partial charge in [0.2, 0.25) is 0 Å². The van der Waals surface area contributed by atoms with Gasteiger partial charge in [0.15, 0.2) is 0 Å². The van der Waals surface area contributed by atoms with Gasteiger partial charge in [0.1, 0.15) is 0 Å². The Balaban J connectivity index is 0.000000172. The van der Waals surface area contributed by atoms with E-state index in [0.717, 1.165) is 0 Å². The van der Waals surface area contributed by atoms with E-state index in [-0.39, 0.29) is 25.6 Å². The summed E-state index contributed by atoms with van der Waals surface area (Å²) in [5.74, 6) is -0.935. The highest BCUT2D eigenvalue weighted by molar-refractivity contribution is 6.49. The summed E-state index contributed by atoms with van der Waals surface area (Å²) in [5.41, 5.74) is 0.176. The average Bonchev–Trinajstić information content (AvgIpc) is 1.59. The van der Waals surface area contributed by atoms with Crippen molar-refractivity contribution in [2.45, 2.75) is 6.92 Å². The minimum Gasteiger partial charge on any atom is -0.478 e. The molecule has 0 saturated carbocycles. The molecule has 58 valence electrons. The fourth-order valence-electron chi connectivity index (χ4n) is 0.0833. The zero-order valence-corrected chi connectivity index (χ0v) is 8.62.